The van der Waals surface area contributed by atoms with Crippen molar-refractivity contribution in [2.75, 3.05) is 20.2 Å². The molecule has 0 saturated carbocycles. The maximum absolute atomic E-state index is 13.9. The molecule has 1 heterocycles. The molecule has 1 rings (SSSR count). The van der Waals surface area contributed by atoms with E-state index in [1.807, 2.05) is 13.8 Å². The predicted octanol–water partition coefficient (Wildman–Crippen LogP) is -2.14. The van der Waals surface area contributed by atoms with Crippen LogP contribution in [0.3, 0.4) is 0 Å². The van der Waals surface area contributed by atoms with Gasteiger partial charge in [0.15, 0.2) is 0 Å². The van der Waals surface area contributed by atoms with Crippen molar-refractivity contribution in [1.82, 2.24) is 26.2 Å². The molecule has 57 heavy (non-hydrogen) atoms. The maximum Gasteiger partial charge on any atom is 0.404 e. The molecule has 322 valence electrons. The molecular formula is C37H61N7O13. The van der Waals surface area contributed by atoms with Crippen LogP contribution in [0.2, 0.25) is 0 Å². The van der Waals surface area contributed by atoms with Crippen molar-refractivity contribution in [1.29, 1.82) is 0 Å². The lowest BCUT2D eigenvalue weighted by molar-refractivity contribution is -0.169. The molecule has 0 aliphatic carbocycles. The lowest BCUT2D eigenvalue weighted by Gasteiger charge is -2.36. The van der Waals surface area contributed by atoms with Gasteiger partial charge in [-0.25, -0.2) is 9.59 Å². The van der Waals surface area contributed by atoms with Gasteiger partial charge in [-0.05, 0) is 31.6 Å². The number of hydrogen-bond acceptors (Lipinski definition) is 13. The smallest absolute Gasteiger partial charge is 0.404 e. The molecule has 0 aromatic rings. The molecule has 3 unspecified atom stereocenters. The molecule has 0 bridgehead atoms. The molecule has 0 spiro atoms. The van der Waals surface area contributed by atoms with E-state index < -0.39 is 127 Å². The van der Waals surface area contributed by atoms with Gasteiger partial charge < -0.3 is 62.4 Å². The van der Waals surface area contributed by atoms with E-state index in [1.54, 1.807) is 26.8 Å². The number of allylic oxidation sites excluding steroid dienone is 2. The van der Waals surface area contributed by atoms with E-state index in [1.165, 1.54) is 26.1 Å². The van der Waals surface area contributed by atoms with Gasteiger partial charge in [0.1, 0.15) is 42.5 Å². The van der Waals surface area contributed by atoms with Gasteiger partial charge in [-0.15, -0.1) is 0 Å². The van der Waals surface area contributed by atoms with Gasteiger partial charge >= 0.3 is 12.1 Å². The lowest BCUT2D eigenvalue weighted by atomic mass is 9.85. The van der Waals surface area contributed by atoms with Crippen molar-refractivity contribution in [3.8, 4) is 0 Å². The highest BCUT2D eigenvalue weighted by Crippen LogP contribution is 2.27. The zero-order valence-corrected chi connectivity index (χ0v) is 33.8. The normalized spacial score (nSPS) is 29.7. The molecule has 11 atom stereocenters. The summed E-state index contributed by atoms with van der Waals surface area (Å²) in [5.41, 5.74) is 10.6. The number of primary amides is 2. The molecule has 20 heteroatoms. The Labute approximate surface area is 332 Å². The number of nitrogens with zero attached hydrogens (tertiary/aromatic N) is 1. The standard InChI is InChI=1S/C37H61N7O13/c1-9-13-19(4)30-20(5)24(46)14-11-10-12-15-26(48)40-16-25(47)32(50)43-28(22(7)56-37(39)55)34(52)42-27(21(6)31(38)49)33(51)41-23(17-45)35(53)44(8)29(18(2)3)36(54)57-30/h10-12,15,18-25,27-30,45-47H,9,13-14,16-17H2,1-8H3,(H2,38,49)(H2,39,55)(H,40,48)(H,41,51)(H,42,52)(H,43,50)/b11-10+,15-12+/t19-,20-,21+,22?,23?,24+,25-,27+,28-,29+,30?/m1/s1. The molecule has 1 aliphatic heterocycles. The Morgan fingerprint density at radius 2 is 1.54 bits per heavy atom. The minimum absolute atomic E-state index is 0.102. The summed E-state index contributed by atoms with van der Waals surface area (Å²) in [7, 11) is 1.27. The number of hydrogen-bond donors (Lipinski definition) is 9. The Bertz CT molecular complexity index is 1490. The van der Waals surface area contributed by atoms with E-state index in [0.717, 1.165) is 24.3 Å². The molecule has 11 N–H and O–H groups in total. The van der Waals surface area contributed by atoms with Crippen LogP contribution >= 0.6 is 0 Å². The largest absolute Gasteiger partial charge is 0.460 e. The number of β-amino-alcohol motifs (C(OH)–C–C–N with tert-alkyl or cyclic N) is 1. The topological polar surface area (TPSA) is 319 Å². The summed E-state index contributed by atoms with van der Waals surface area (Å²) in [6.45, 7) is 9.51. The molecular weight excluding hydrogens is 750 g/mol. The third kappa shape index (κ3) is 15.4. The first-order chi connectivity index (χ1) is 26.6. The highest BCUT2D eigenvalue weighted by Gasteiger charge is 2.41. The highest BCUT2D eigenvalue weighted by atomic mass is 16.6. The van der Waals surface area contributed by atoms with Crippen LogP contribution in [-0.2, 0) is 43.0 Å². The fourth-order valence-electron chi connectivity index (χ4n) is 6.22. The number of aliphatic hydroxyl groups is 3. The molecule has 0 radical (unpaired) electrons. The second-order valence-electron chi connectivity index (χ2n) is 14.6. The van der Waals surface area contributed by atoms with Gasteiger partial charge in [0.2, 0.25) is 29.5 Å². The second-order valence-corrected chi connectivity index (χ2v) is 14.6. The van der Waals surface area contributed by atoms with Crippen LogP contribution in [0.15, 0.2) is 24.3 Å². The van der Waals surface area contributed by atoms with Crippen molar-refractivity contribution in [2.45, 2.75) is 116 Å². The van der Waals surface area contributed by atoms with Crippen LogP contribution in [-0.4, -0.2) is 137 Å². The van der Waals surface area contributed by atoms with Crippen molar-refractivity contribution in [3.63, 3.8) is 0 Å². The zero-order valence-electron chi connectivity index (χ0n) is 33.8. The van der Waals surface area contributed by atoms with E-state index in [2.05, 4.69) is 21.3 Å². The number of carbonyl (C=O) groups is 8. The van der Waals surface area contributed by atoms with Crippen molar-refractivity contribution in [3.05, 3.63) is 24.3 Å². The Morgan fingerprint density at radius 1 is 0.947 bits per heavy atom. The fourth-order valence-corrected chi connectivity index (χ4v) is 6.22. The van der Waals surface area contributed by atoms with Crippen molar-refractivity contribution < 1.29 is 63.1 Å². The number of likely N-dealkylation sites (N-methyl/N-ethyl adjacent to an activating group) is 1. The molecule has 20 nitrogen and oxygen atoms in total. The van der Waals surface area contributed by atoms with E-state index in [9.17, 15) is 53.7 Å². The van der Waals surface area contributed by atoms with Gasteiger partial charge in [0.05, 0.1) is 25.2 Å². The number of amides is 7. The number of carbonyl (C=O) groups excluding carboxylic acids is 8. The van der Waals surface area contributed by atoms with E-state index in [4.69, 9.17) is 20.9 Å². The van der Waals surface area contributed by atoms with Crippen LogP contribution in [0.5, 0.6) is 0 Å². The summed E-state index contributed by atoms with van der Waals surface area (Å²) in [4.78, 5) is 105. The lowest BCUT2D eigenvalue weighted by Crippen LogP contribution is -2.63. The molecule has 7 amide bonds. The van der Waals surface area contributed by atoms with Gasteiger partial charge in [-0.2, -0.15) is 0 Å². The van der Waals surface area contributed by atoms with Crippen LogP contribution in [0, 0.1) is 23.7 Å². The second kappa shape index (κ2) is 23.9. The van der Waals surface area contributed by atoms with Crippen molar-refractivity contribution in [2.24, 2.45) is 35.1 Å². The van der Waals surface area contributed by atoms with Gasteiger partial charge in [0.25, 0.3) is 5.91 Å². The number of ether oxygens (including phenoxy) is 2. The number of rotatable bonds is 9. The Morgan fingerprint density at radius 3 is 2.09 bits per heavy atom. The maximum atomic E-state index is 13.9. The predicted molar refractivity (Wildman–Crippen MR) is 204 cm³/mol. The van der Waals surface area contributed by atoms with Crippen LogP contribution in [0.25, 0.3) is 0 Å². The summed E-state index contributed by atoms with van der Waals surface area (Å²) in [5, 5.41) is 40.8. The van der Waals surface area contributed by atoms with E-state index in [-0.39, 0.29) is 12.3 Å². The molecule has 0 fully saturated rings. The molecule has 0 aromatic heterocycles. The number of aliphatic hydroxyl groups excluding tert-OH is 3. The first kappa shape index (κ1) is 49.9. The Kier molecular flexibility index (Phi) is 20.9. The number of esters is 1. The van der Waals surface area contributed by atoms with E-state index in [0.29, 0.717) is 6.42 Å². The fraction of sp³-hybridized carbons (Fsp3) is 0.676. The summed E-state index contributed by atoms with van der Waals surface area (Å²) in [6.07, 6.45) is 0.332. The summed E-state index contributed by atoms with van der Waals surface area (Å²) in [6, 6.07) is -6.71. The third-order valence-electron chi connectivity index (χ3n) is 9.64. The first-order valence-electron chi connectivity index (χ1n) is 18.8. The van der Waals surface area contributed by atoms with Crippen LogP contribution in [0.4, 0.5) is 4.79 Å². The third-order valence-corrected chi connectivity index (χ3v) is 9.64. The summed E-state index contributed by atoms with van der Waals surface area (Å²) in [5.74, 6) is -10.1. The minimum atomic E-state index is -1.95. The Balaban J connectivity index is 3.78. The minimum Gasteiger partial charge on any atom is -0.460 e. The van der Waals surface area contributed by atoms with E-state index >= 15 is 0 Å². The van der Waals surface area contributed by atoms with Gasteiger partial charge in [0, 0.05) is 19.0 Å². The molecule has 0 aromatic carbocycles. The average molecular weight is 812 g/mol. The molecule has 0 saturated heterocycles. The number of cyclic esters (lactones) is 1. The average Bonchev–Trinajstić information content (AvgIpc) is 3.13. The summed E-state index contributed by atoms with van der Waals surface area (Å²) < 4.78 is 10.9. The zero-order chi connectivity index (χ0) is 43.7. The summed E-state index contributed by atoms with van der Waals surface area (Å²) >= 11 is 0. The quantitative estimate of drug-likeness (QED) is 0.112. The number of nitrogens with one attached hydrogen (secondary N) is 4. The first-order valence-corrected chi connectivity index (χ1v) is 18.8. The highest BCUT2D eigenvalue weighted by molar-refractivity contribution is 5.98. The SMILES string of the molecule is CCC[C@@H](C)C1OC(=O)[C@H](C(C)C)N(C)C(=O)C(CO)NC(=O)[C@H]([C@H](C)C(N)=O)NC(=O)[C@@H](C(C)OC(N)=O)NC(=O)[C@H](O)CNC(=O)/C=C/C=C/C[C@H](O)[C@H]1C. The van der Waals surface area contributed by atoms with Gasteiger partial charge in [-0.1, -0.05) is 66.2 Å². The Hall–Kier alpha value is -5.08. The van der Waals surface area contributed by atoms with Gasteiger partial charge in [-0.3, -0.25) is 28.8 Å². The van der Waals surface area contributed by atoms with Crippen LogP contribution < -0.4 is 32.7 Å². The van der Waals surface area contributed by atoms with Crippen LogP contribution in [0.1, 0.15) is 67.7 Å². The monoisotopic (exact) mass is 811 g/mol. The number of nitrogens with two attached hydrogens (primary N) is 2. The molecule has 1 aliphatic rings. The van der Waals surface area contributed by atoms with Crippen molar-refractivity contribution >= 4 is 47.5 Å².